The third kappa shape index (κ3) is 59.5. The molecule has 0 aliphatic carbocycles. The molecule has 0 aromatic rings. The zero-order valence-electron chi connectivity index (χ0n) is 48.8. The first-order valence-electron chi connectivity index (χ1n) is 31.6. The Morgan fingerprint density at radius 2 is 0.541 bits per heavy atom. The van der Waals surface area contributed by atoms with E-state index in [1.807, 2.05) is 0 Å². The van der Waals surface area contributed by atoms with Gasteiger partial charge in [-0.3, -0.25) is 14.4 Å². The van der Waals surface area contributed by atoms with E-state index < -0.39 is 6.10 Å². The van der Waals surface area contributed by atoms with Gasteiger partial charge in [-0.2, -0.15) is 0 Å². The number of rotatable bonds is 57. The zero-order chi connectivity index (χ0) is 53.6. The summed E-state index contributed by atoms with van der Waals surface area (Å²) in [5.74, 6) is -0.890. The van der Waals surface area contributed by atoms with Crippen LogP contribution in [0.2, 0.25) is 0 Å². The molecule has 426 valence electrons. The highest BCUT2D eigenvalue weighted by Crippen LogP contribution is 2.16. The minimum atomic E-state index is -0.783. The molecule has 1 unspecified atom stereocenters. The fourth-order valence-corrected chi connectivity index (χ4v) is 8.86. The van der Waals surface area contributed by atoms with Crippen LogP contribution < -0.4 is 0 Å². The van der Waals surface area contributed by atoms with Crippen LogP contribution in [0.1, 0.15) is 310 Å². The van der Waals surface area contributed by atoms with Gasteiger partial charge in [0.1, 0.15) is 13.2 Å². The Morgan fingerprint density at radius 3 is 0.878 bits per heavy atom. The van der Waals surface area contributed by atoms with Gasteiger partial charge in [-0.15, -0.1) is 0 Å². The topological polar surface area (TPSA) is 78.9 Å². The molecule has 0 aromatic heterocycles. The van der Waals surface area contributed by atoms with E-state index in [1.165, 1.54) is 161 Å². The Labute approximate surface area is 458 Å². The molecule has 0 bridgehead atoms. The number of esters is 3. The molecule has 0 heterocycles. The van der Waals surface area contributed by atoms with Crippen LogP contribution in [0.15, 0.2) is 85.1 Å². The van der Waals surface area contributed by atoms with Gasteiger partial charge in [-0.1, -0.05) is 266 Å². The summed E-state index contributed by atoms with van der Waals surface area (Å²) in [5.41, 5.74) is 0. The van der Waals surface area contributed by atoms with Crippen molar-refractivity contribution in [2.24, 2.45) is 0 Å². The smallest absolute Gasteiger partial charge is 0.306 e. The SMILES string of the molecule is CC/C=C\C/C=C\C/C=C\C/C=C\C/C=C\CCCCCCCCCCCCCCCC(=O)OCC(COC(=O)CCCCCCC/C=C\CCCC)OC(=O)CCCCCCC/C=C\CCCCCCCCC. The summed E-state index contributed by atoms with van der Waals surface area (Å²) in [5, 5.41) is 0. The molecule has 0 rings (SSSR count). The first-order valence-corrected chi connectivity index (χ1v) is 31.6. The molecule has 0 spiro atoms. The molecule has 74 heavy (non-hydrogen) atoms. The van der Waals surface area contributed by atoms with Gasteiger partial charge >= 0.3 is 17.9 Å². The molecule has 0 fully saturated rings. The number of allylic oxidation sites excluding steroid dienone is 14. The van der Waals surface area contributed by atoms with Crippen molar-refractivity contribution in [1.82, 2.24) is 0 Å². The number of ether oxygens (including phenoxy) is 3. The normalized spacial score (nSPS) is 12.6. The monoisotopic (exact) mass is 1030 g/mol. The van der Waals surface area contributed by atoms with Gasteiger partial charge in [0.25, 0.3) is 0 Å². The molecule has 0 aliphatic rings. The lowest BCUT2D eigenvalue weighted by molar-refractivity contribution is -0.167. The van der Waals surface area contributed by atoms with E-state index in [9.17, 15) is 14.4 Å². The van der Waals surface area contributed by atoms with Crippen molar-refractivity contribution in [2.75, 3.05) is 13.2 Å². The molecule has 0 radical (unpaired) electrons. The molecule has 6 heteroatoms. The highest BCUT2D eigenvalue weighted by molar-refractivity contribution is 5.71. The van der Waals surface area contributed by atoms with Crippen molar-refractivity contribution in [3.63, 3.8) is 0 Å². The van der Waals surface area contributed by atoms with Crippen molar-refractivity contribution in [1.29, 1.82) is 0 Å². The van der Waals surface area contributed by atoms with E-state index in [2.05, 4.69) is 106 Å². The minimum absolute atomic E-state index is 0.0810. The lowest BCUT2D eigenvalue weighted by Gasteiger charge is -2.18. The van der Waals surface area contributed by atoms with Gasteiger partial charge in [-0.25, -0.2) is 0 Å². The Morgan fingerprint density at radius 1 is 0.284 bits per heavy atom. The van der Waals surface area contributed by atoms with Crippen molar-refractivity contribution >= 4 is 17.9 Å². The van der Waals surface area contributed by atoms with Crippen LogP contribution in [-0.2, 0) is 28.6 Å². The van der Waals surface area contributed by atoms with E-state index in [-0.39, 0.29) is 31.1 Å². The summed E-state index contributed by atoms with van der Waals surface area (Å²) in [6.07, 6.45) is 81.7. The Kier molecular flexibility index (Phi) is 59.3. The molecule has 6 nitrogen and oxygen atoms in total. The highest BCUT2D eigenvalue weighted by atomic mass is 16.6. The Bertz CT molecular complexity index is 1420. The van der Waals surface area contributed by atoms with Crippen LogP contribution in [0.4, 0.5) is 0 Å². The first-order chi connectivity index (χ1) is 36.5. The fraction of sp³-hybridized carbons (Fsp3) is 0.750. The Hall–Kier alpha value is -3.41. The number of carbonyl (C=O) groups is 3. The summed E-state index contributed by atoms with van der Waals surface area (Å²) in [7, 11) is 0. The van der Waals surface area contributed by atoms with Crippen molar-refractivity contribution < 1.29 is 28.6 Å². The fourth-order valence-electron chi connectivity index (χ4n) is 8.86. The molecule has 0 amide bonds. The summed E-state index contributed by atoms with van der Waals surface area (Å²) in [6, 6.07) is 0. The van der Waals surface area contributed by atoms with Crippen molar-refractivity contribution in [2.45, 2.75) is 316 Å². The van der Waals surface area contributed by atoms with E-state index in [0.29, 0.717) is 19.3 Å². The molecule has 0 aromatic carbocycles. The molecular formula is C68H118O6. The van der Waals surface area contributed by atoms with Gasteiger partial charge in [-0.05, 0) is 109 Å². The zero-order valence-corrected chi connectivity index (χ0v) is 48.8. The first kappa shape index (κ1) is 70.6. The maximum Gasteiger partial charge on any atom is 0.306 e. The maximum absolute atomic E-state index is 12.9. The third-order valence-corrected chi connectivity index (χ3v) is 13.6. The van der Waals surface area contributed by atoms with Gasteiger partial charge < -0.3 is 14.2 Å². The van der Waals surface area contributed by atoms with Gasteiger partial charge in [0.05, 0.1) is 0 Å². The molecule has 0 saturated carbocycles. The van der Waals surface area contributed by atoms with E-state index >= 15 is 0 Å². The van der Waals surface area contributed by atoms with Crippen LogP contribution in [-0.4, -0.2) is 37.2 Å². The summed E-state index contributed by atoms with van der Waals surface area (Å²) in [6.45, 7) is 6.49. The van der Waals surface area contributed by atoms with Crippen LogP contribution in [0.5, 0.6) is 0 Å². The highest BCUT2D eigenvalue weighted by Gasteiger charge is 2.19. The van der Waals surface area contributed by atoms with E-state index in [1.54, 1.807) is 0 Å². The second kappa shape index (κ2) is 62.1. The minimum Gasteiger partial charge on any atom is -0.462 e. The molecule has 0 N–H and O–H groups in total. The molecular weight excluding hydrogens is 913 g/mol. The number of hydrogen-bond donors (Lipinski definition) is 0. The lowest BCUT2D eigenvalue weighted by Crippen LogP contribution is -2.30. The standard InChI is InChI=1S/C68H118O6/c1-4-7-10-13-16-19-22-24-26-28-29-30-31-32-33-34-35-36-37-38-39-40-42-43-46-49-52-55-58-61-67(70)73-64-65(63-72-66(69)60-57-54-51-48-45-21-18-15-12-9-6-3)74-68(71)62-59-56-53-50-47-44-41-27-25-23-20-17-14-11-8-5-2/h7,10,15-16,18-19,24,26-27,29-30,32-33,41,65H,4-6,8-9,11-14,17,20-23,25,28,31,34-40,42-64H2,1-3H3/b10-7-,18-15-,19-16-,26-24-,30-29-,33-32-,41-27-. The second-order valence-electron chi connectivity index (χ2n) is 20.9. The van der Waals surface area contributed by atoms with E-state index in [4.69, 9.17) is 14.2 Å². The average molecular weight is 1030 g/mol. The van der Waals surface area contributed by atoms with Crippen molar-refractivity contribution in [3.05, 3.63) is 85.1 Å². The quantitative estimate of drug-likeness (QED) is 0.0261. The van der Waals surface area contributed by atoms with Crippen LogP contribution in [0.25, 0.3) is 0 Å². The predicted molar refractivity (Wildman–Crippen MR) is 321 cm³/mol. The Balaban J connectivity index is 4.21. The molecule has 1 atom stereocenters. The second-order valence-corrected chi connectivity index (χ2v) is 20.9. The number of carbonyl (C=O) groups excluding carboxylic acids is 3. The third-order valence-electron chi connectivity index (χ3n) is 13.6. The van der Waals surface area contributed by atoms with Crippen LogP contribution in [0.3, 0.4) is 0 Å². The summed E-state index contributed by atoms with van der Waals surface area (Å²) < 4.78 is 16.9. The largest absolute Gasteiger partial charge is 0.462 e. The summed E-state index contributed by atoms with van der Waals surface area (Å²) >= 11 is 0. The lowest BCUT2D eigenvalue weighted by atomic mass is 10.0. The van der Waals surface area contributed by atoms with Gasteiger partial charge in [0.15, 0.2) is 6.10 Å². The van der Waals surface area contributed by atoms with Crippen molar-refractivity contribution in [3.8, 4) is 0 Å². The molecule has 0 aliphatic heterocycles. The van der Waals surface area contributed by atoms with Gasteiger partial charge in [0, 0.05) is 19.3 Å². The predicted octanol–water partition coefficient (Wildman–Crippen LogP) is 21.5. The average Bonchev–Trinajstić information content (AvgIpc) is 3.40. The van der Waals surface area contributed by atoms with Crippen LogP contribution >= 0.6 is 0 Å². The number of unbranched alkanes of at least 4 members (excludes halogenated alkanes) is 32. The summed E-state index contributed by atoms with van der Waals surface area (Å²) in [4.78, 5) is 38.2. The van der Waals surface area contributed by atoms with Gasteiger partial charge in [0.2, 0.25) is 0 Å². The molecule has 0 saturated heterocycles. The van der Waals surface area contributed by atoms with Crippen LogP contribution in [0, 0.1) is 0 Å². The maximum atomic E-state index is 12.9. The van der Waals surface area contributed by atoms with E-state index in [0.717, 1.165) is 109 Å². The number of hydrogen-bond acceptors (Lipinski definition) is 6.